The van der Waals surface area contributed by atoms with Gasteiger partial charge in [-0.15, -0.1) is 0 Å². The van der Waals surface area contributed by atoms with Crippen LogP contribution in [0.1, 0.15) is 15.9 Å². The van der Waals surface area contributed by atoms with Gasteiger partial charge in [0.1, 0.15) is 11.6 Å². The number of rotatable bonds is 2. The van der Waals surface area contributed by atoms with Gasteiger partial charge in [-0.05, 0) is 36.8 Å². The standard InChI is InChI=1S/C14H12F2N2O/c1-8-5-6-9(15)7-12(8)18-14(19)10-3-2-4-11(16)13(10)17/h2-7H,17H2,1H3,(H,18,19). The molecule has 5 heteroatoms. The number of hydrogen-bond acceptors (Lipinski definition) is 2. The first-order valence-electron chi connectivity index (χ1n) is 5.60. The Morgan fingerprint density at radius 2 is 1.95 bits per heavy atom. The lowest BCUT2D eigenvalue weighted by Crippen LogP contribution is -2.15. The first-order valence-corrected chi connectivity index (χ1v) is 5.60. The Morgan fingerprint density at radius 1 is 1.21 bits per heavy atom. The third kappa shape index (κ3) is 2.70. The smallest absolute Gasteiger partial charge is 0.257 e. The van der Waals surface area contributed by atoms with Crippen LogP contribution in [0, 0.1) is 18.6 Å². The van der Waals surface area contributed by atoms with Crippen LogP contribution in [0.2, 0.25) is 0 Å². The van der Waals surface area contributed by atoms with Crippen molar-refractivity contribution in [2.45, 2.75) is 6.92 Å². The van der Waals surface area contributed by atoms with E-state index in [1.165, 1.54) is 30.3 Å². The maximum Gasteiger partial charge on any atom is 0.257 e. The third-order valence-electron chi connectivity index (χ3n) is 2.75. The first kappa shape index (κ1) is 13.0. The number of carbonyl (C=O) groups excluding carboxylic acids is 1. The van der Waals surface area contributed by atoms with Crippen LogP contribution in [0.15, 0.2) is 36.4 Å². The van der Waals surface area contributed by atoms with Crippen LogP contribution in [0.3, 0.4) is 0 Å². The Morgan fingerprint density at radius 3 is 2.68 bits per heavy atom. The third-order valence-corrected chi connectivity index (χ3v) is 2.75. The Kier molecular flexibility index (Phi) is 3.46. The molecule has 0 spiro atoms. The van der Waals surface area contributed by atoms with Gasteiger partial charge in [-0.2, -0.15) is 0 Å². The Hall–Kier alpha value is -2.43. The van der Waals surface area contributed by atoms with Crippen molar-refractivity contribution in [3.05, 3.63) is 59.2 Å². The molecule has 0 fully saturated rings. The van der Waals surface area contributed by atoms with E-state index in [1.54, 1.807) is 13.0 Å². The van der Waals surface area contributed by atoms with Gasteiger partial charge >= 0.3 is 0 Å². The van der Waals surface area contributed by atoms with Crippen LogP contribution in [0.5, 0.6) is 0 Å². The second kappa shape index (κ2) is 5.06. The molecule has 0 aliphatic carbocycles. The summed E-state index contributed by atoms with van der Waals surface area (Å²) in [6.45, 7) is 1.73. The van der Waals surface area contributed by atoms with Crippen LogP contribution in [0.25, 0.3) is 0 Å². The van der Waals surface area contributed by atoms with Crippen molar-refractivity contribution in [2.24, 2.45) is 0 Å². The number of nitrogens with two attached hydrogens (primary N) is 1. The van der Waals surface area contributed by atoms with Crippen molar-refractivity contribution in [1.82, 2.24) is 0 Å². The maximum absolute atomic E-state index is 13.3. The summed E-state index contributed by atoms with van der Waals surface area (Å²) >= 11 is 0. The summed E-state index contributed by atoms with van der Waals surface area (Å²) in [6, 6.07) is 7.99. The summed E-state index contributed by atoms with van der Waals surface area (Å²) in [6.07, 6.45) is 0. The molecule has 1 amide bonds. The molecule has 2 rings (SSSR count). The minimum atomic E-state index is -0.663. The molecule has 0 aromatic heterocycles. The number of carbonyl (C=O) groups is 1. The summed E-state index contributed by atoms with van der Waals surface area (Å²) in [7, 11) is 0. The predicted molar refractivity (Wildman–Crippen MR) is 69.9 cm³/mol. The first-order chi connectivity index (χ1) is 8.99. The molecule has 0 heterocycles. The Labute approximate surface area is 109 Å². The second-order valence-electron chi connectivity index (χ2n) is 4.11. The highest BCUT2D eigenvalue weighted by Gasteiger charge is 2.13. The molecule has 0 aliphatic heterocycles. The van der Waals surface area contributed by atoms with Gasteiger partial charge in [0.05, 0.1) is 11.3 Å². The van der Waals surface area contributed by atoms with Gasteiger partial charge in [-0.1, -0.05) is 12.1 Å². The number of aryl methyl sites for hydroxylation is 1. The number of halogens is 2. The van der Waals surface area contributed by atoms with Crippen LogP contribution in [0.4, 0.5) is 20.2 Å². The van der Waals surface area contributed by atoms with Gasteiger partial charge < -0.3 is 11.1 Å². The number of hydrogen-bond donors (Lipinski definition) is 2. The molecule has 0 saturated carbocycles. The molecule has 0 atom stereocenters. The highest BCUT2D eigenvalue weighted by Crippen LogP contribution is 2.20. The fourth-order valence-corrected chi connectivity index (χ4v) is 1.65. The molecule has 3 nitrogen and oxygen atoms in total. The van der Waals surface area contributed by atoms with E-state index >= 15 is 0 Å². The van der Waals surface area contributed by atoms with E-state index < -0.39 is 17.5 Å². The lowest BCUT2D eigenvalue weighted by Gasteiger charge is -2.10. The molecule has 98 valence electrons. The topological polar surface area (TPSA) is 55.1 Å². The average Bonchev–Trinajstić information content (AvgIpc) is 2.37. The fraction of sp³-hybridized carbons (Fsp3) is 0.0714. The maximum atomic E-state index is 13.3. The van der Waals surface area contributed by atoms with Crippen molar-refractivity contribution in [1.29, 1.82) is 0 Å². The van der Waals surface area contributed by atoms with Gasteiger partial charge in [0.15, 0.2) is 0 Å². The fourth-order valence-electron chi connectivity index (χ4n) is 1.65. The van der Waals surface area contributed by atoms with Crippen LogP contribution in [-0.4, -0.2) is 5.91 Å². The zero-order chi connectivity index (χ0) is 14.0. The summed E-state index contributed by atoms with van der Waals surface area (Å²) in [5.74, 6) is -1.71. The molecular weight excluding hydrogens is 250 g/mol. The van der Waals surface area contributed by atoms with Crippen molar-refractivity contribution in [3.8, 4) is 0 Å². The number of benzene rings is 2. The van der Waals surface area contributed by atoms with Gasteiger partial charge in [-0.3, -0.25) is 4.79 Å². The van der Waals surface area contributed by atoms with Gasteiger partial charge in [0.25, 0.3) is 5.91 Å². The molecule has 2 aromatic rings. The highest BCUT2D eigenvalue weighted by atomic mass is 19.1. The monoisotopic (exact) mass is 262 g/mol. The Bertz CT molecular complexity index is 641. The zero-order valence-electron chi connectivity index (χ0n) is 10.2. The quantitative estimate of drug-likeness (QED) is 0.817. The van der Waals surface area contributed by atoms with Crippen molar-refractivity contribution < 1.29 is 13.6 Å². The molecule has 0 aliphatic rings. The lowest BCUT2D eigenvalue weighted by molar-refractivity contribution is 0.102. The number of para-hydroxylation sites is 1. The van der Waals surface area contributed by atoms with Crippen molar-refractivity contribution in [2.75, 3.05) is 11.1 Å². The van der Waals surface area contributed by atoms with E-state index in [4.69, 9.17) is 5.73 Å². The molecule has 3 N–H and O–H groups in total. The highest BCUT2D eigenvalue weighted by molar-refractivity contribution is 6.08. The average molecular weight is 262 g/mol. The summed E-state index contributed by atoms with van der Waals surface area (Å²) in [5.41, 5.74) is 6.31. The van der Waals surface area contributed by atoms with E-state index in [1.807, 2.05) is 0 Å². The summed E-state index contributed by atoms with van der Waals surface area (Å²) < 4.78 is 26.4. The largest absolute Gasteiger partial charge is 0.396 e. The Balaban J connectivity index is 2.31. The van der Waals surface area contributed by atoms with Gasteiger partial charge in [0, 0.05) is 5.69 Å². The molecule has 0 radical (unpaired) electrons. The van der Waals surface area contributed by atoms with E-state index in [9.17, 15) is 13.6 Å². The second-order valence-corrected chi connectivity index (χ2v) is 4.11. The van der Waals surface area contributed by atoms with Crippen LogP contribution in [-0.2, 0) is 0 Å². The SMILES string of the molecule is Cc1ccc(F)cc1NC(=O)c1cccc(F)c1N. The number of anilines is 2. The van der Waals surface area contributed by atoms with E-state index in [0.29, 0.717) is 11.3 Å². The molecule has 0 saturated heterocycles. The summed E-state index contributed by atoms with van der Waals surface area (Å²) in [5, 5.41) is 2.51. The van der Waals surface area contributed by atoms with Crippen LogP contribution >= 0.6 is 0 Å². The van der Waals surface area contributed by atoms with E-state index in [2.05, 4.69) is 5.32 Å². The van der Waals surface area contributed by atoms with Gasteiger partial charge in [-0.25, -0.2) is 8.78 Å². The summed E-state index contributed by atoms with van der Waals surface area (Å²) in [4.78, 5) is 12.0. The minimum absolute atomic E-state index is 0.0173. The predicted octanol–water partition coefficient (Wildman–Crippen LogP) is 3.11. The molecule has 2 aromatic carbocycles. The van der Waals surface area contributed by atoms with E-state index in [-0.39, 0.29) is 11.3 Å². The van der Waals surface area contributed by atoms with Gasteiger partial charge in [0.2, 0.25) is 0 Å². The lowest BCUT2D eigenvalue weighted by atomic mass is 10.1. The molecular formula is C14H12F2N2O. The zero-order valence-corrected chi connectivity index (χ0v) is 10.2. The molecule has 0 unspecified atom stereocenters. The number of nitrogens with one attached hydrogen (secondary N) is 1. The minimum Gasteiger partial charge on any atom is -0.396 e. The normalized spacial score (nSPS) is 10.3. The number of amides is 1. The molecule has 19 heavy (non-hydrogen) atoms. The van der Waals surface area contributed by atoms with E-state index in [0.717, 1.165) is 0 Å². The van der Waals surface area contributed by atoms with Crippen molar-refractivity contribution in [3.63, 3.8) is 0 Å². The van der Waals surface area contributed by atoms with Crippen molar-refractivity contribution >= 4 is 17.3 Å². The molecule has 0 bridgehead atoms. The number of nitrogen functional groups attached to an aromatic ring is 1. The van der Waals surface area contributed by atoms with Crippen LogP contribution < -0.4 is 11.1 Å².